The van der Waals surface area contributed by atoms with Crippen LogP contribution >= 0.6 is 11.3 Å². The average molecular weight is 212 g/mol. The quantitative estimate of drug-likeness (QED) is 0.815. The van der Waals surface area contributed by atoms with Crippen molar-refractivity contribution in [2.45, 2.75) is 20.8 Å². The largest absolute Gasteiger partial charge is 0.344 e. The van der Waals surface area contributed by atoms with E-state index in [1.807, 2.05) is 6.92 Å². The first-order valence-electron chi connectivity index (χ1n) is 4.22. The van der Waals surface area contributed by atoms with Gasteiger partial charge in [-0.1, -0.05) is 0 Å². The molecule has 0 atom stereocenters. The maximum Gasteiger partial charge on any atom is 0.263 e. The van der Waals surface area contributed by atoms with Crippen molar-refractivity contribution in [3.05, 3.63) is 15.6 Å². The summed E-state index contributed by atoms with van der Waals surface area (Å²) >= 11 is 1.34. The first-order chi connectivity index (χ1) is 6.50. The lowest BCUT2D eigenvalue weighted by molar-refractivity contribution is -0.116. The molecular formula is C9H12N2O2S. The zero-order chi connectivity index (χ0) is 10.7. The minimum Gasteiger partial charge on any atom is -0.344 e. The molecule has 0 bridgehead atoms. The number of aromatic nitrogens is 1. The van der Waals surface area contributed by atoms with E-state index >= 15 is 0 Å². The third kappa shape index (κ3) is 2.63. The average Bonchev–Trinajstić information content (AvgIpc) is 2.41. The summed E-state index contributed by atoms with van der Waals surface area (Å²) in [6.07, 6.45) is 0. The van der Waals surface area contributed by atoms with Crippen molar-refractivity contribution in [2.75, 3.05) is 6.54 Å². The molecule has 1 heterocycles. The summed E-state index contributed by atoms with van der Waals surface area (Å²) in [5.41, 5.74) is 0.716. The number of Topliss-reactive ketones (excluding diaryl/α,β-unsaturated/α-hetero) is 1. The number of thiazole rings is 1. The smallest absolute Gasteiger partial charge is 0.263 e. The van der Waals surface area contributed by atoms with E-state index < -0.39 is 0 Å². The van der Waals surface area contributed by atoms with Crippen LogP contribution in [0.1, 0.15) is 27.3 Å². The summed E-state index contributed by atoms with van der Waals surface area (Å²) < 4.78 is 0. The lowest BCUT2D eigenvalue weighted by Crippen LogP contribution is -2.28. The van der Waals surface area contributed by atoms with E-state index in [9.17, 15) is 9.59 Å². The molecule has 0 radical (unpaired) electrons. The van der Waals surface area contributed by atoms with Gasteiger partial charge in [0.2, 0.25) is 0 Å². The number of carbonyl (C=O) groups is 2. The van der Waals surface area contributed by atoms with Gasteiger partial charge in [-0.2, -0.15) is 0 Å². The second-order valence-electron chi connectivity index (χ2n) is 3.03. The van der Waals surface area contributed by atoms with Gasteiger partial charge in [0.25, 0.3) is 5.91 Å². The lowest BCUT2D eigenvalue weighted by atomic mass is 10.3. The summed E-state index contributed by atoms with van der Waals surface area (Å²) in [7, 11) is 0. The molecule has 14 heavy (non-hydrogen) atoms. The van der Waals surface area contributed by atoms with Crippen LogP contribution in [-0.4, -0.2) is 23.2 Å². The van der Waals surface area contributed by atoms with Gasteiger partial charge in [-0.3, -0.25) is 9.59 Å². The van der Waals surface area contributed by atoms with Crippen molar-refractivity contribution in [2.24, 2.45) is 0 Å². The molecule has 0 spiro atoms. The molecule has 1 aromatic heterocycles. The zero-order valence-corrected chi connectivity index (χ0v) is 9.20. The molecule has 1 aromatic rings. The van der Waals surface area contributed by atoms with Crippen molar-refractivity contribution < 1.29 is 9.59 Å². The number of hydrogen-bond donors (Lipinski definition) is 1. The molecule has 1 N–H and O–H groups in total. The van der Waals surface area contributed by atoms with Gasteiger partial charge in [-0.15, -0.1) is 11.3 Å². The van der Waals surface area contributed by atoms with Crippen LogP contribution < -0.4 is 5.32 Å². The Kier molecular flexibility index (Phi) is 3.35. The number of hydrogen-bond acceptors (Lipinski definition) is 4. The Morgan fingerprint density at radius 3 is 2.50 bits per heavy atom. The van der Waals surface area contributed by atoms with E-state index in [-0.39, 0.29) is 18.2 Å². The Bertz CT molecular complexity index is 371. The lowest BCUT2D eigenvalue weighted by Gasteiger charge is -1.99. The Hall–Kier alpha value is -1.23. The second kappa shape index (κ2) is 4.32. The first-order valence-corrected chi connectivity index (χ1v) is 5.04. The topological polar surface area (TPSA) is 59.1 Å². The van der Waals surface area contributed by atoms with Crippen LogP contribution in [0.3, 0.4) is 0 Å². The van der Waals surface area contributed by atoms with Crippen molar-refractivity contribution in [3.8, 4) is 0 Å². The number of aryl methyl sites for hydroxylation is 2. The van der Waals surface area contributed by atoms with Gasteiger partial charge in [0.1, 0.15) is 10.7 Å². The summed E-state index contributed by atoms with van der Waals surface area (Å²) in [5, 5.41) is 3.39. The predicted molar refractivity (Wildman–Crippen MR) is 54.6 cm³/mol. The minimum absolute atomic E-state index is 0.0581. The number of nitrogens with one attached hydrogen (secondary N) is 1. The van der Waals surface area contributed by atoms with Gasteiger partial charge in [-0.05, 0) is 20.8 Å². The van der Waals surface area contributed by atoms with Gasteiger partial charge in [0, 0.05) is 0 Å². The van der Waals surface area contributed by atoms with Crippen LogP contribution in [-0.2, 0) is 4.79 Å². The monoisotopic (exact) mass is 212 g/mol. The van der Waals surface area contributed by atoms with Crippen molar-refractivity contribution in [3.63, 3.8) is 0 Å². The number of nitrogens with zero attached hydrogens (tertiary/aromatic N) is 1. The molecular weight excluding hydrogens is 200 g/mol. The predicted octanol–water partition coefficient (Wildman–Crippen LogP) is 1.08. The summed E-state index contributed by atoms with van der Waals surface area (Å²) in [6, 6.07) is 0. The van der Waals surface area contributed by atoms with Crippen LogP contribution in [0, 0.1) is 13.8 Å². The van der Waals surface area contributed by atoms with Crippen molar-refractivity contribution >= 4 is 23.0 Å². The van der Waals surface area contributed by atoms with E-state index in [2.05, 4.69) is 10.3 Å². The minimum atomic E-state index is -0.219. The number of carbonyl (C=O) groups excluding carboxylic acids is 2. The molecule has 0 aliphatic rings. The highest BCUT2D eigenvalue weighted by molar-refractivity contribution is 7.13. The van der Waals surface area contributed by atoms with E-state index in [0.717, 1.165) is 5.01 Å². The molecule has 1 amide bonds. The van der Waals surface area contributed by atoms with E-state index in [0.29, 0.717) is 10.6 Å². The maximum atomic E-state index is 11.5. The maximum absolute atomic E-state index is 11.5. The fraction of sp³-hybridized carbons (Fsp3) is 0.444. The molecule has 0 aromatic carbocycles. The highest BCUT2D eigenvalue weighted by atomic mass is 32.1. The highest BCUT2D eigenvalue weighted by Gasteiger charge is 2.13. The molecule has 1 rings (SSSR count). The molecule has 0 saturated heterocycles. The Labute approximate surface area is 86.4 Å². The van der Waals surface area contributed by atoms with Gasteiger partial charge >= 0.3 is 0 Å². The normalized spacial score (nSPS) is 9.93. The third-order valence-corrected chi connectivity index (χ3v) is 2.68. The number of rotatable bonds is 3. The van der Waals surface area contributed by atoms with Gasteiger partial charge in [0.15, 0.2) is 0 Å². The fourth-order valence-electron chi connectivity index (χ4n) is 1.03. The molecule has 4 nitrogen and oxygen atoms in total. The van der Waals surface area contributed by atoms with Gasteiger partial charge < -0.3 is 5.32 Å². The van der Waals surface area contributed by atoms with Gasteiger partial charge in [0.05, 0.1) is 17.2 Å². The van der Waals surface area contributed by atoms with Crippen LogP contribution in [0.5, 0.6) is 0 Å². The number of amides is 1. The first kappa shape index (κ1) is 10.8. The Morgan fingerprint density at radius 1 is 1.43 bits per heavy atom. The summed E-state index contributed by atoms with van der Waals surface area (Å²) in [6.45, 7) is 5.14. The fourth-order valence-corrected chi connectivity index (χ4v) is 1.86. The van der Waals surface area contributed by atoms with E-state index in [4.69, 9.17) is 0 Å². The molecule has 0 aliphatic heterocycles. The summed E-state index contributed by atoms with van der Waals surface area (Å²) in [4.78, 5) is 26.9. The Balaban J connectivity index is 2.69. The van der Waals surface area contributed by atoms with E-state index in [1.54, 1.807) is 6.92 Å². The van der Waals surface area contributed by atoms with Crippen molar-refractivity contribution in [1.82, 2.24) is 10.3 Å². The zero-order valence-electron chi connectivity index (χ0n) is 8.38. The number of ketones is 1. The van der Waals surface area contributed by atoms with Crippen LogP contribution in [0.4, 0.5) is 0 Å². The standard InChI is InChI=1S/C9H12N2O2S/c1-5(12)4-10-9(13)8-6(2)11-7(3)14-8/h4H2,1-3H3,(H,10,13). The van der Waals surface area contributed by atoms with E-state index in [1.165, 1.54) is 18.3 Å². The molecule has 0 fully saturated rings. The van der Waals surface area contributed by atoms with Crippen LogP contribution in [0.2, 0.25) is 0 Å². The Morgan fingerprint density at radius 2 is 2.07 bits per heavy atom. The third-order valence-electron chi connectivity index (χ3n) is 1.61. The van der Waals surface area contributed by atoms with Crippen LogP contribution in [0.25, 0.3) is 0 Å². The van der Waals surface area contributed by atoms with Crippen LogP contribution in [0.15, 0.2) is 0 Å². The molecule has 0 saturated carbocycles. The molecule has 5 heteroatoms. The second-order valence-corrected chi connectivity index (χ2v) is 4.24. The molecule has 0 aliphatic carbocycles. The SMILES string of the molecule is CC(=O)CNC(=O)c1sc(C)nc1C. The van der Waals surface area contributed by atoms with Crippen molar-refractivity contribution in [1.29, 1.82) is 0 Å². The highest BCUT2D eigenvalue weighted by Crippen LogP contribution is 2.16. The molecule has 0 unspecified atom stereocenters. The van der Waals surface area contributed by atoms with Gasteiger partial charge in [-0.25, -0.2) is 4.98 Å². The molecule has 76 valence electrons. The summed E-state index contributed by atoms with van der Waals surface area (Å²) in [5.74, 6) is -0.277.